The number of amides is 1. The van der Waals surface area contributed by atoms with Crippen molar-refractivity contribution in [3.8, 4) is 0 Å². The number of thioether (sulfide) groups is 1. The molecule has 0 heterocycles. The summed E-state index contributed by atoms with van der Waals surface area (Å²) in [5, 5.41) is 3.11. The second-order valence-corrected chi connectivity index (χ2v) is 6.76. The molecule has 1 N–H and O–H groups in total. The first-order valence-corrected chi connectivity index (χ1v) is 8.52. The molecule has 1 aliphatic carbocycles. The van der Waals surface area contributed by atoms with Crippen LogP contribution in [0.15, 0.2) is 53.4 Å². The molecule has 1 fully saturated rings. The van der Waals surface area contributed by atoms with Gasteiger partial charge in [0.1, 0.15) is 0 Å². The van der Waals surface area contributed by atoms with Gasteiger partial charge in [-0.2, -0.15) is 0 Å². The normalized spacial score (nSPS) is 15.7. The molecule has 0 aromatic heterocycles. The second-order valence-electron chi connectivity index (χ2n) is 5.71. The zero-order valence-corrected chi connectivity index (χ0v) is 13.3. The standard InChI is InChI=1S/C18H17F2NOS/c19-15-8-7-14(11-16(15)20)23-12-17(22)21-18(9-4-10-18)13-5-2-1-3-6-13/h1-3,5-8,11H,4,9-10,12H2,(H,21,22). The van der Waals surface area contributed by atoms with Crippen LogP contribution >= 0.6 is 11.8 Å². The van der Waals surface area contributed by atoms with E-state index in [-0.39, 0.29) is 17.2 Å². The summed E-state index contributed by atoms with van der Waals surface area (Å²) >= 11 is 1.20. The highest BCUT2D eigenvalue weighted by molar-refractivity contribution is 8.00. The van der Waals surface area contributed by atoms with Gasteiger partial charge in [0.25, 0.3) is 0 Å². The van der Waals surface area contributed by atoms with Gasteiger partial charge in [-0.15, -0.1) is 11.8 Å². The Morgan fingerprint density at radius 2 is 1.83 bits per heavy atom. The van der Waals surface area contributed by atoms with Crippen LogP contribution in [0.4, 0.5) is 8.78 Å². The van der Waals surface area contributed by atoms with E-state index >= 15 is 0 Å². The van der Waals surface area contributed by atoms with Crippen molar-refractivity contribution in [3.63, 3.8) is 0 Å². The number of hydrogen-bond donors (Lipinski definition) is 1. The molecule has 1 aliphatic rings. The molecule has 2 aromatic carbocycles. The maximum absolute atomic E-state index is 13.2. The molecule has 0 aliphatic heterocycles. The quantitative estimate of drug-likeness (QED) is 0.829. The Bertz CT molecular complexity index is 701. The lowest BCUT2D eigenvalue weighted by atomic mass is 9.72. The van der Waals surface area contributed by atoms with E-state index in [0.29, 0.717) is 4.90 Å². The van der Waals surface area contributed by atoms with Crippen LogP contribution in [-0.2, 0) is 10.3 Å². The van der Waals surface area contributed by atoms with Crippen molar-refractivity contribution in [3.05, 3.63) is 65.7 Å². The highest BCUT2D eigenvalue weighted by atomic mass is 32.2. The Hall–Kier alpha value is -1.88. The number of carbonyl (C=O) groups excluding carboxylic acids is 1. The van der Waals surface area contributed by atoms with Crippen LogP contribution in [0.2, 0.25) is 0 Å². The third-order valence-corrected chi connectivity index (χ3v) is 5.17. The molecule has 1 saturated carbocycles. The molecule has 23 heavy (non-hydrogen) atoms. The maximum atomic E-state index is 13.2. The predicted molar refractivity (Wildman–Crippen MR) is 87.2 cm³/mol. The number of benzene rings is 2. The predicted octanol–water partition coefficient (Wildman–Crippen LogP) is 4.25. The van der Waals surface area contributed by atoms with Gasteiger partial charge in [-0.3, -0.25) is 4.79 Å². The van der Waals surface area contributed by atoms with Crippen LogP contribution in [0.1, 0.15) is 24.8 Å². The lowest BCUT2D eigenvalue weighted by molar-refractivity contribution is -0.121. The van der Waals surface area contributed by atoms with Gasteiger partial charge in [0.2, 0.25) is 5.91 Å². The highest BCUT2D eigenvalue weighted by Gasteiger charge is 2.39. The summed E-state index contributed by atoms with van der Waals surface area (Å²) < 4.78 is 26.1. The zero-order chi connectivity index (χ0) is 16.3. The van der Waals surface area contributed by atoms with Crippen molar-refractivity contribution < 1.29 is 13.6 Å². The Balaban J connectivity index is 1.61. The number of hydrogen-bond acceptors (Lipinski definition) is 2. The molecule has 3 rings (SSSR count). The summed E-state index contributed by atoms with van der Waals surface area (Å²) in [6.45, 7) is 0. The van der Waals surface area contributed by atoms with Gasteiger partial charge in [0.05, 0.1) is 11.3 Å². The van der Waals surface area contributed by atoms with E-state index in [1.54, 1.807) is 0 Å². The molecule has 0 bridgehead atoms. The Morgan fingerprint density at radius 3 is 2.43 bits per heavy atom. The topological polar surface area (TPSA) is 29.1 Å². The molecule has 0 unspecified atom stereocenters. The van der Waals surface area contributed by atoms with E-state index < -0.39 is 11.6 Å². The molecule has 5 heteroatoms. The first-order valence-electron chi connectivity index (χ1n) is 7.53. The molecular weight excluding hydrogens is 316 g/mol. The van der Waals surface area contributed by atoms with Crippen molar-refractivity contribution in [2.24, 2.45) is 0 Å². The van der Waals surface area contributed by atoms with Gasteiger partial charge in [0.15, 0.2) is 11.6 Å². The van der Waals surface area contributed by atoms with E-state index in [0.717, 1.165) is 37.0 Å². The number of rotatable bonds is 5. The average Bonchev–Trinajstić information content (AvgIpc) is 2.53. The largest absolute Gasteiger partial charge is 0.346 e. The average molecular weight is 333 g/mol. The van der Waals surface area contributed by atoms with E-state index in [4.69, 9.17) is 0 Å². The molecule has 0 spiro atoms. The summed E-state index contributed by atoms with van der Waals surface area (Å²) in [6, 6.07) is 13.6. The van der Waals surface area contributed by atoms with Crippen LogP contribution in [0, 0.1) is 11.6 Å². The lowest BCUT2D eigenvalue weighted by Gasteiger charge is -2.43. The fourth-order valence-corrected chi connectivity index (χ4v) is 3.51. The van der Waals surface area contributed by atoms with Crippen LogP contribution in [0.25, 0.3) is 0 Å². The van der Waals surface area contributed by atoms with Crippen LogP contribution in [0.3, 0.4) is 0 Å². The van der Waals surface area contributed by atoms with E-state index in [1.165, 1.54) is 17.8 Å². The molecule has 0 radical (unpaired) electrons. The fraction of sp³-hybridized carbons (Fsp3) is 0.278. The maximum Gasteiger partial charge on any atom is 0.231 e. The molecule has 2 aromatic rings. The molecule has 120 valence electrons. The molecule has 1 amide bonds. The van der Waals surface area contributed by atoms with Gasteiger partial charge in [-0.05, 0) is 43.0 Å². The summed E-state index contributed by atoms with van der Waals surface area (Å²) in [4.78, 5) is 12.8. The van der Waals surface area contributed by atoms with Crippen molar-refractivity contribution in [1.82, 2.24) is 5.32 Å². The third kappa shape index (κ3) is 3.55. The summed E-state index contributed by atoms with van der Waals surface area (Å²) in [7, 11) is 0. The lowest BCUT2D eigenvalue weighted by Crippen LogP contribution is -2.51. The number of carbonyl (C=O) groups is 1. The summed E-state index contributed by atoms with van der Waals surface area (Å²) in [5.41, 5.74) is 0.852. The van der Waals surface area contributed by atoms with Gasteiger partial charge in [0, 0.05) is 4.90 Å². The van der Waals surface area contributed by atoms with Crippen molar-refractivity contribution in [1.29, 1.82) is 0 Å². The van der Waals surface area contributed by atoms with Crippen molar-refractivity contribution >= 4 is 17.7 Å². The minimum atomic E-state index is -0.893. The van der Waals surface area contributed by atoms with Crippen molar-refractivity contribution in [2.45, 2.75) is 29.7 Å². The SMILES string of the molecule is O=C(CSc1ccc(F)c(F)c1)NC1(c2ccccc2)CCC1. The fourth-order valence-electron chi connectivity index (χ4n) is 2.79. The first kappa shape index (κ1) is 16.0. The number of halogens is 2. The minimum Gasteiger partial charge on any atom is -0.346 e. The Kier molecular flexibility index (Phi) is 4.66. The van der Waals surface area contributed by atoms with Crippen LogP contribution in [-0.4, -0.2) is 11.7 Å². The third-order valence-electron chi connectivity index (χ3n) is 4.17. The monoisotopic (exact) mass is 333 g/mol. The zero-order valence-electron chi connectivity index (χ0n) is 12.5. The Morgan fingerprint density at radius 1 is 1.09 bits per heavy atom. The molecule has 2 nitrogen and oxygen atoms in total. The van der Waals surface area contributed by atoms with E-state index in [2.05, 4.69) is 5.32 Å². The second kappa shape index (κ2) is 6.71. The van der Waals surface area contributed by atoms with Gasteiger partial charge in [-0.1, -0.05) is 30.3 Å². The van der Waals surface area contributed by atoms with Crippen molar-refractivity contribution in [2.75, 3.05) is 5.75 Å². The Labute approximate surface area is 138 Å². The van der Waals surface area contributed by atoms with E-state index in [1.807, 2.05) is 30.3 Å². The number of nitrogens with one attached hydrogen (secondary N) is 1. The molecule has 0 saturated heterocycles. The first-order chi connectivity index (χ1) is 11.1. The summed E-state index contributed by atoms with van der Waals surface area (Å²) in [5.74, 6) is -1.69. The van der Waals surface area contributed by atoms with Gasteiger partial charge in [-0.25, -0.2) is 8.78 Å². The van der Waals surface area contributed by atoms with Gasteiger partial charge < -0.3 is 5.32 Å². The highest BCUT2D eigenvalue weighted by Crippen LogP contribution is 2.41. The molecule has 0 atom stereocenters. The summed E-state index contributed by atoms with van der Waals surface area (Å²) in [6.07, 6.45) is 2.95. The van der Waals surface area contributed by atoms with Crippen LogP contribution < -0.4 is 5.32 Å². The smallest absolute Gasteiger partial charge is 0.231 e. The van der Waals surface area contributed by atoms with Crippen LogP contribution in [0.5, 0.6) is 0 Å². The van der Waals surface area contributed by atoms with Gasteiger partial charge >= 0.3 is 0 Å². The minimum absolute atomic E-state index is 0.0942. The van der Waals surface area contributed by atoms with E-state index in [9.17, 15) is 13.6 Å². The molecular formula is C18H17F2NOS.